The van der Waals surface area contributed by atoms with Crippen LogP contribution in [0.2, 0.25) is 0 Å². The van der Waals surface area contributed by atoms with Gasteiger partial charge in [-0.25, -0.2) is 13.6 Å². The van der Waals surface area contributed by atoms with Crippen LogP contribution in [0.5, 0.6) is 5.75 Å². The average Bonchev–Trinajstić information content (AvgIpc) is 3.33. The van der Waals surface area contributed by atoms with Crippen molar-refractivity contribution in [3.05, 3.63) is 53.7 Å². The van der Waals surface area contributed by atoms with Crippen LogP contribution in [0.3, 0.4) is 0 Å². The van der Waals surface area contributed by atoms with Crippen LogP contribution in [0, 0.1) is 6.92 Å². The van der Waals surface area contributed by atoms with Crippen LogP contribution in [0.25, 0.3) is 10.9 Å². The molecule has 0 amide bonds. The quantitative estimate of drug-likeness (QED) is 0.742. The van der Waals surface area contributed by atoms with Crippen molar-refractivity contribution in [2.45, 2.75) is 30.1 Å². The molecule has 140 valence electrons. The zero-order valence-electron chi connectivity index (χ0n) is 15.0. The molecule has 8 heteroatoms. The Morgan fingerprint density at radius 1 is 1.26 bits per heavy atom. The summed E-state index contributed by atoms with van der Waals surface area (Å²) >= 11 is 0. The van der Waals surface area contributed by atoms with Crippen molar-refractivity contribution in [1.29, 1.82) is 0 Å². The standard InChI is InChI=1S/C19H19N3O4S/c1-12-6-7-16(26-2)14(10-12)19(8-9-19)18(23)22-15-4-3-5-17(27(20,24)25)13(15)11-21-22/h3-7,10-11H,8-9H2,1-2H3,(H2,20,24,25). The molecule has 2 aromatic carbocycles. The van der Waals surface area contributed by atoms with Crippen LogP contribution in [0.1, 0.15) is 28.8 Å². The molecule has 0 saturated heterocycles. The van der Waals surface area contributed by atoms with E-state index < -0.39 is 15.4 Å². The third kappa shape index (κ3) is 2.72. The fraction of sp³-hybridized carbons (Fsp3) is 0.263. The predicted molar refractivity (Wildman–Crippen MR) is 100 cm³/mol. The molecule has 3 aromatic rings. The van der Waals surface area contributed by atoms with Crippen molar-refractivity contribution < 1.29 is 17.9 Å². The number of aryl methyl sites for hydroxylation is 1. The predicted octanol–water partition coefficient (Wildman–Crippen LogP) is 2.37. The Morgan fingerprint density at radius 2 is 2.00 bits per heavy atom. The van der Waals surface area contributed by atoms with Crippen LogP contribution >= 0.6 is 0 Å². The van der Waals surface area contributed by atoms with Crippen LogP contribution < -0.4 is 9.88 Å². The number of methoxy groups -OCH3 is 1. The summed E-state index contributed by atoms with van der Waals surface area (Å²) in [6, 6.07) is 10.4. The summed E-state index contributed by atoms with van der Waals surface area (Å²) in [5.74, 6) is 0.459. The van der Waals surface area contributed by atoms with Gasteiger partial charge in [-0.05, 0) is 38.0 Å². The van der Waals surface area contributed by atoms with Gasteiger partial charge in [0.05, 0.1) is 29.1 Å². The molecule has 0 radical (unpaired) electrons. The normalized spacial score (nSPS) is 15.7. The largest absolute Gasteiger partial charge is 0.496 e. The molecule has 7 nitrogen and oxygen atoms in total. The third-order valence-corrected chi connectivity index (χ3v) is 6.07. The van der Waals surface area contributed by atoms with Gasteiger partial charge in [0.25, 0.3) is 5.91 Å². The highest BCUT2D eigenvalue weighted by molar-refractivity contribution is 7.89. The Bertz CT molecular complexity index is 1180. The minimum Gasteiger partial charge on any atom is -0.496 e. The van der Waals surface area contributed by atoms with Crippen molar-refractivity contribution in [2.75, 3.05) is 7.11 Å². The molecule has 0 atom stereocenters. The second-order valence-corrected chi connectivity index (χ2v) is 8.41. The maximum atomic E-state index is 13.4. The molecular weight excluding hydrogens is 366 g/mol. The number of nitrogens with zero attached hydrogens (tertiary/aromatic N) is 2. The number of rotatable bonds is 4. The molecule has 2 N–H and O–H groups in total. The number of ether oxygens (including phenoxy) is 1. The molecule has 0 bridgehead atoms. The highest BCUT2D eigenvalue weighted by Crippen LogP contribution is 2.52. The van der Waals surface area contributed by atoms with E-state index in [2.05, 4.69) is 5.10 Å². The second-order valence-electron chi connectivity index (χ2n) is 6.88. The number of carbonyl (C=O) groups is 1. The minimum atomic E-state index is -3.91. The van der Waals surface area contributed by atoms with Gasteiger partial charge >= 0.3 is 0 Å². The number of aromatic nitrogens is 2. The van der Waals surface area contributed by atoms with Gasteiger partial charge in [0, 0.05) is 10.9 Å². The van der Waals surface area contributed by atoms with E-state index in [-0.39, 0.29) is 10.8 Å². The monoisotopic (exact) mass is 385 g/mol. The Hall–Kier alpha value is -2.71. The Balaban J connectivity index is 1.86. The fourth-order valence-corrected chi connectivity index (χ4v) is 4.29. The van der Waals surface area contributed by atoms with E-state index in [1.807, 2.05) is 25.1 Å². The van der Waals surface area contributed by atoms with Crippen LogP contribution in [0.4, 0.5) is 0 Å². The first-order valence-corrected chi connectivity index (χ1v) is 10.0. The van der Waals surface area contributed by atoms with Crippen LogP contribution in [0.15, 0.2) is 47.5 Å². The molecule has 1 heterocycles. The van der Waals surface area contributed by atoms with Gasteiger partial charge < -0.3 is 4.74 Å². The Kier molecular flexibility index (Phi) is 3.87. The molecule has 1 saturated carbocycles. The lowest BCUT2D eigenvalue weighted by atomic mass is 9.92. The van der Waals surface area contributed by atoms with Crippen molar-refractivity contribution >= 4 is 26.8 Å². The maximum absolute atomic E-state index is 13.4. The van der Waals surface area contributed by atoms with E-state index in [0.717, 1.165) is 11.1 Å². The van der Waals surface area contributed by atoms with Crippen LogP contribution in [-0.4, -0.2) is 31.2 Å². The van der Waals surface area contributed by atoms with Crippen molar-refractivity contribution in [2.24, 2.45) is 5.14 Å². The lowest BCUT2D eigenvalue weighted by molar-refractivity contribution is 0.0850. The Morgan fingerprint density at radius 3 is 2.63 bits per heavy atom. The summed E-state index contributed by atoms with van der Waals surface area (Å²) in [4.78, 5) is 13.4. The molecule has 27 heavy (non-hydrogen) atoms. The van der Waals surface area contributed by atoms with Gasteiger partial charge in [0.2, 0.25) is 10.0 Å². The van der Waals surface area contributed by atoms with E-state index in [4.69, 9.17) is 9.88 Å². The summed E-state index contributed by atoms with van der Waals surface area (Å²) in [6.45, 7) is 1.96. The van der Waals surface area contributed by atoms with Gasteiger partial charge in [-0.2, -0.15) is 9.78 Å². The van der Waals surface area contributed by atoms with Gasteiger partial charge in [-0.15, -0.1) is 0 Å². The number of sulfonamides is 1. The topological polar surface area (TPSA) is 104 Å². The fourth-order valence-electron chi connectivity index (χ4n) is 3.56. The van der Waals surface area contributed by atoms with Gasteiger partial charge in [-0.3, -0.25) is 4.79 Å². The zero-order chi connectivity index (χ0) is 19.4. The minimum absolute atomic E-state index is 0.0444. The molecule has 0 aliphatic heterocycles. The number of hydrogen-bond donors (Lipinski definition) is 1. The van der Waals surface area contributed by atoms with Crippen molar-refractivity contribution in [1.82, 2.24) is 9.78 Å². The number of nitrogens with two attached hydrogens (primary N) is 1. The molecule has 0 unspecified atom stereocenters. The van der Waals surface area contributed by atoms with E-state index >= 15 is 0 Å². The number of benzene rings is 2. The third-order valence-electron chi connectivity index (χ3n) is 5.10. The molecule has 1 aliphatic rings. The number of primary sulfonamides is 1. The van der Waals surface area contributed by atoms with Gasteiger partial charge in [-0.1, -0.05) is 23.8 Å². The summed E-state index contributed by atoms with van der Waals surface area (Å²) in [6.07, 6.45) is 2.74. The zero-order valence-corrected chi connectivity index (χ0v) is 15.8. The summed E-state index contributed by atoms with van der Waals surface area (Å²) < 4.78 is 30.4. The highest BCUT2D eigenvalue weighted by Gasteiger charge is 2.54. The molecular formula is C19H19N3O4S. The lowest BCUT2D eigenvalue weighted by Crippen LogP contribution is -2.28. The van der Waals surface area contributed by atoms with E-state index in [0.29, 0.717) is 29.5 Å². The Labute approximate surface area is 156 Å². The SMILES string of the molecule is COc1ccc(C)cc1C1(C(=O)n2ncc3c(S(N)(=O)=O)cccc32)CC1. The van der Waals surface area contributed by atoms with E-state index in [1.54, 1.807) is 19.2 Å². The summed E-state index contributed by atoms with van der Waals surface area (Å²) in [7, 11) is -2.33. The van der Waals surface area contributed by atoms with Crippen molar-refractivity contribution in [3.8, 4) is 5.75 Å². The van der Waals surface area contributed by atoms with E-state index in [1.165, 1.54) is 16.9 Å². The smallest absolute Gasteiger partial charge is 0.258 e. The van der Waals surface area contributed by atoms with Gasteiger partial charge in [0.1, 0.15) is 5.75 Å². The van der Waals surface area contributed by atoms with E-state index in [9.17, 15) is 13.2 Å². The van der Waals surface area contributed by atoms with Gasteiger partial charge in [0.15, 0.2) is 0 Å². The molecule has 1 aromatic heterocycles. The molecule has 4 rings (SSSR count). The maximum Gasteiger partial charge on any atom is 0.258 e. The van der Waals surface area contributed by atoms with Crippen LogP contribution in [-0.2, 0) is 15.4 Å². The number of fused-ring (bicyclic) bond motifs is 1. The first-order valence-electron chi connectivity index (χ1n) is 8.47. The molecule has 1 fully saturated rings. The second kappa shape index (κ2) is 5.90. The first kappa shape index (κ1) is 17.7. The highest BCUT2D eigenvalue weighted by atomic mass is 32.2. The lowest BCUT2D eigenvalue weighted by Gasteiger charge is -2.18. The number of carbonyl (C=O) groups excluding carboxylic acids is 1. The number of hydrogen-bond acceptors (Lipinski definition) is 5. The summed E-state index contributed by atoms with van der Waals surface area (Å²) in [5.41, 5.74) is 1.57. The average molecular weight is 385 g/mol. The summed E-state index contributed by atoms with van der Waals surface area (Å²) in [5, 5.41) is 9.80. The van der Waals surface area contributed by atoms with Crippen molar-refractivity contribution in [3.63, 3.8) is 0 Å². The molecule has 0 spiro atoms. The molecule has 1 aliphatic carbocycles. The first-order chi connectivity index (χ1) is 12.8.